The number of nitrogens with zero attached hydrogens (tertiary/aromatic N) is 2. The van der Waals surface area contributed by atoms with E-state index < -0.39 is 83.2 Å². The van der Waals surface area contributed by atoms with Crippen molar-refractivity contribution in [1.29, 1.82) is 0 Å². The van der Waals surface area contributed by atoms with Gasteiger partial charge in [0.05, 0.1) is 37.1 Å². The molecule has 3 fully saturated rings. The highest BCUT2D eigenvalue weighted by atomic mass is 16.7. The number of ketones is 1. The molecule has 268 valence electrons. The summed E-state index contributed by atoms with van der Waals surface area (Å²) in [6.45, 7) is 19.5. The predicted octanol–water partition coefficient (Wildman–Crippen LogP) is 3.11. The molecule has 0 aromatic rings. The van der Waals surface area contributed by atoms with Gasteiger partial charge < -0.3 is 38.8 Å². The lowest BCUT2D eigenvalue weighted by atomic mass is 9.73. The molecule has 3 aliphatic rings. The summed E-state index contributed by atoms with van der Waals surface area (Å²) in [5, 5.41) is 23.5. The van der Waals surface area contributed by atoms with Crippen LogP contribution in [0, 0.1) is 23.7 Å². The first kappa shape index (κ1) is 39.4. The van der Waals surface area contributed by atoms with Crippen molar-refractivity contribution in [2.45, 2.75) is 136 Å². The quantitative estimate of drug-likeness (QED) is 0.259. The Labute approximate surface area is 280 Å². The maximum Gasteiger partial charge on any atom is 0.316 e. The minimum Gasteiger partial charge on any atom is -0.459 e. The smallest absolute Gasteiger partial charge is 0.316 e. The van der Waals surface area contributed by atoms with E-state index in [1.165, 1.54) is 20.8 Å². The van der Waals surface area contributed by atoms with E-state index >= 15 is 0 Å². The third-order valence-electron chi connectivity index (χ3n) is 10.2. The second kappa shape index (κ2) is 15.7. The van der Waals surface area contributed by atoms with Crippen LogP contribution in [-0.2, 0) is 38.1 Å². The summed E-state index contributed by atoms with van der Waals surface area (Å²) in [5.41, 5.74) is -1.97. The Morgan fingerprint density at radius 3 is 2.32 bits per heavy atom. The average molecular weight is 667 g/mol. The van der Waals surface area contributed by atoms with Gasteiger partial charge in [0.15, 0.2) is 12.1 Å². The van der Waals surface area contributed by atoms with Crippen molar-refractivity contribution in [3.8, 4) is 0 Å². The Hall–Kier alpha value is -2.06. The van der Waals surface area contributed by atoms with Gasteiger partial charge in [0.1, 0.15) is 23.7 Å². The molecule has 3 aliphatic heterocycles. The zero-order chi connectivity index (χ0) is 35.6. The second-order valence-electron chi connectivity index (χ2n) is 14.6. The molecule has 0 radical (unpaired) electrons. The summed E-state index contributed by atoms with van der Waals surface area (Å²) in [4.78, 5) is 46.7. The largest absolute Gasteiger partial charge is 0.459 e. The third-order valence-corrected chi connectivity index (χ3v) is 10.2. The standard InChI is InChI=1S/C35H58N2O10/c1-13-26-35(10,42)31-21(5)27(36-24(8)38)19(3)15-34(9,44-17-18(2)16-43-31)30(22(6)28(39)23(7)32(41)46-26)47-33-29(40)25(37(11)12)14-20(4)45-33/h19-23,25-26,29-31,33,40,42H,2,13-17H2,1,3-12H3/t19-,20-,21+,22+,23-,25+,26-,29-,30-,31-,33+,34-,35-/m1/s1. The Bertz CT molecular complexity index is 1190. The molecule has 0 saturated carbocycles. The normalized spacial score (nSPS) is 44.0. The lowest BCUT2D eigenvalue weighted by Crippen LogP contribution is -2.60. The number of Topliss-reactive ketones (excluding diaryl/α,β-unsaturated/α-hetero) is 1. The van der Waals surface area contributed by atoms with Gasteiger partial charge in [-0.05, 0) is 72.5 Å². The average Bonchev–Trinajstić information content (AvgIpc) is 3.00. The number of carbonyl (C=O) groups excluding carboxylic acids is 3. The number of hydrogen-bond acceptors (Lipinski definition) is 11. The first-order chi connectivity index (χ1) is 21.7. The molecule has 1 amide bonds. The Morgan fingerprint density at radius 1 is 1.11 bits per heavy atom. The lowest BCUT2D eigenvalue weighted by molar-refractivity contribution is -0.296. The number of amides is 1. The van der Waals surface area contributed by atoms with Crippen molar-refractivity contribution in [1.82, 2.24) is 4.90 Å². The SMILES string of the molecule is C=C1CO[C@@H]2[C@@H](C)C(=NC(C)=O)[C@H](C)C[C@@](C)(OC1)[C@H](O[C@@H]1O[C@H](C)C[C@H](N(C)C)[C@H]1O)[C@@H](C)C(=O)[C@@H](C)C(=O)O[C@H](CC)[C@@]2(C)O. The van der Waals surface area contributed by atoms with Crippen LogP contribution in [0.15, 0.2) is 17.1 Å². The molecule has 2 N–H and O–H groups in total. The highest BCUT2D eigenvalue weighted by Crippen LogP contribution is 2.40. The van der Waals surface area contributed by atoms with Gasteiger partial charge in [0.2, 0.25) is 5.91 Å². The van der Waals surface area contributed by atoms with E-state index in [1.807, 2.05) is 46.7 Å². The molecule has 0 aromatic carbocycles. The summed E-state index contributed by atoms with van der Waals surface area (Å²) in [5.74, 6) is -4.88. The number of fused-ring (bicyclic) bond motifs is 5. The number of aliphatic hydroxyl groups excluding tert-OH is 1. The molecule has 2 bridgehead atoms. The van der Waals surface area contributed by atoms with E-state index in [1.54, 1.807) is 13.8 Å². The zero-order valence-corrected chi connectivity index (χ0v) is 30.1. The third kappa shape index (κ3) is 8.76. The van der Waals surface area contributed by atoms with Crippen LogP contribution in [-0.4, -0.2) is 120 Å². The minimum absolute atomic E-state index is 0.00373. The molecule has 47 heavy (non-hydrogen) atoms. The Balaban J connectivity index is 2.29. The lowest BCUT2D eigenvalue weighted by Gasteiger charge is -2.47. The minimum atomic E-state index is -1.74. The Morgan fingerprint density at radius 2 is 1.74 bits per heavy atom. The zero-order valence-electron chi connectivity index (χ0n) is 30.1. The van der Waals surface area contributed by atoms with Crippen LogP contribution in [0.1, 0.15) is 81.6 Å². The van der Waals surface area contributed by atoms with Gasteiger partial charge in [-0.2, -0.15) is 0 Å². The van der Waals surface area contributed by atoms with Gasteiger partial charge in [-0.25, -0.2) is 4.99 Å². The second-order valence-corrected chi connectivity index (χ2v) is 14.6. The highest BCUT2D eigenvalue weighted by Gasteiger charge is 2.52. The first-order valence-electron chi connectivity index (χ1n) is 16.9. The molecule has 12 nitrogen and oxygen atoms in total. The number of cyclic esters (lactones) is 1. The van der Waals surface area contributed by atoms with Gasteiger partial charge in [-0.15, -0.1) is 0 Å². The fourth-order valence-electron chi connectivity index (χ4n) is 7.59. The Kier molecular flexibility index (Phi) is 13.1. The molecule has 3 saturated heterocycles. The summed E-state index contributed by atoms with van der Waals surface area (Å²) < 4.78 is 31.7. The molecule has 0 unspecified atom stereocenters. The number of hydrogen-bond donors (Lipinski definition) is 2. The fourth-order valence-corrected chi connectivity index (χ4v) is 7.59. The van der Waals surface area contributed by atoms with E-state index in [-0.39, 0.29) is 38.2 Å². The molecule has 0 spiro atoms. The van der Waals surface area contributed by atoms with Crippen molar-refractivity contribution in [3.63, 3.8) is 0 Å². The van der Waals surface area contributed by atoms with E-state index in [0.717, 1.165) is 0 Å². The molecule has 0 aliphatic carbocycles. The van der Waals surface area contributed by atoms with Gasteiger partial charge in [-0.1, -0.05) is 34.3 Å². The number of aliphatic imine (C=N–C) groups is 1. The molecular formula is C35H58N2O10. The summed E-state index contributed by atoms with van der Waals surface area (Å²) in [7, 11) is 3.75. The van der Waals surface area contributed by atoms with Crippen molar-refractivity contribution in [2.24, 2.45) is 28.7 Å². The highest BCUT2D eigenvalue weighted by molar-refractivity contribution is 6.00. The van der Waals surface area contributed by atoms with Gasteiger partial charge in [0, 0.05) is 30.5 Å². The van der Waals surface area contributed by atoms with Crippen LogP contribution in [0.5, 0.6) is 0 Å². The molecular weight excluding hydrogens is 608 g/mol. The number of likely N-dealkylation sites (N-methyl/N-ethyl adjacent to an activating group) is 1. The topological polar surface area (TPSA) is 153 Å². The monoisotopic (exact) mass is 666 g/mol. The maximum atomic E-state index is 14.2. The summed E-state index contributed by atoms with van der Waals surface area (Å²) in [6.07, 6.45) is -4.44. The number of carbonyl (C=O) groups is 3. The first-order valence-corrected chi connectivity index (χ1v) is 16.9. The molecule has 13 atom stereocenters. The van der Waals surface area contributed by atoms with Crippen LogP contribution in [0.25, 0.3) is 0 Å². The molecule has 3 heterocycles. The van der Waals surface area contributed by atoms with Gasteiger partial charge in [0.25, 0.3) is 0 Å². The van der Waals surface area contributed by atoms with Crippen LogP contribution < -0.4 is 0 Å². The van der Waals surface area contributed by atoms with Crippen molar-refractivity contribution >= 4 is 23.4 Å². The number of ether oxygens (including phenoxy) is 5. The van der Waals surface area contributed by atoms with E-state index in [4.69, 9.17) is 23.7 Å². The van der Waals surface area contributed by atoms with Crippen LogP contribution in [0.4, 0.5) is 0 Å². The molecule has 0 aromatic heterocycles. The van der Waals surface area contributed by atoms with Crippen molar-refractivity contribution in [2.75, 3.05) is 27.3 Å². The fraction of sp³-hybridized carbons (Fsp3) is 0.829. The van der Waals surface area contributed by atoms with E-state index in [9.17, 15) is 24.6 Å². The van der Waals surface area contributed by atoms with Crippen molar-refractivity contribution < 1.29 is 48.3 Å². The van der Waals surface area contributed by atoms with Gasteiger partial charge >= 0.3 is 5.97 Å². The number of rotatable bonds is 4. The maximum absolute atomic E-state index is 14.2. The van der Waals surface area contributed by atoms with E-state index in [2.05, 4.69) is 11.6 Å². The predicted molar refractivity (Wildman–Crippen MR) is 176 cm³/mol. The summed E-state index contributed by atoms with van der Waals surface area (Å²) in [6, 6.07) is -0.273. The van der Waals surface area contributed by atoms with Crippen LogP contribution in [0.3, 0.4) is 0 Å². The summed E-state index contributed by atoms with van der Waals surface area (Å²) >= 11 is 0. The van der Waals surface area contributed by atoms with Crippen LogP contribution in [0.2, 0.25) is 0 Å². The molecule has 12 heteroatoms. The van der Waals surface area contributed by atoms with Gasteiger partial charge in [-0.3, -0.25) is 14.4 Å². The van der Waals surface area contributed by atoms with E-state index in [0.29, 0.717) is 17.7 Å². The van der Waals surface area contributed by atoms with Crippen molar-refractivity contribution in [3.05, 3.63) is 12.2 Å². The number of aliphatic hydroxyl groups is 2. The molecule has 3 rings (SSSR count). The van der Waals surface area contributed by atoms with Crippen LogP contribution >= 0.6 is 0 Å². The number of esters is 1.